The fourth-order valence-corrected chi connectivity index (χ4v) is 3.76. The molecule has 0 heterocycles. The number of rotatable bonds is 5. The second-order valence-corrected chi connectivity index (χ2v) is 7.06. The molecule has 2 aromatic carbocycles. The lowest BCUT2D eigenvalue weighted by atomic mass is 9.96. The number of aromatic hydroxyl groups is 1. The second-order valence-electron chi connectivity index (χ2n) is 6.67. The van der Waals surface area contributed by atoms with E-state index in [2.05, 4.69) is 5.32 Å². The highest BCUT2D eigenvalue weighted by Crippen LogP contribution is 2.31. The van der Waals surface area contributed by atoms with Crippen LogP contribution in [0.15, 0.2) is 48.5 Å². The highest BCUT2D eigenvalue weighted by molar-refractivity contribution is 7.80. The van der Waals surface area contributed by atoms with Crippen LogP contribution in [0.4, 0.5) is 5.69 Å². The molecular formula is C21H26N2O2S. The molecule has 1 aliphatic rings. The molecule has 4 nitrogen and oxygen atoms in total. The van der Waals surface area contributed by atoms with Crippen LogP contribution < -0.4 is 15.0 Å². The van der Waals surface area contributed by atoms with Crippen LogP contribution in [0, 0.1) is 0 Å². The van der Waals surface area contributed by atoms with Gasteiger partial charge >= 0.3 is 0 Å². The van der Waals surface area contributed by atoms with Gasteiger partial charge in [-0.25, -0.2) is 0 Å². The Morgan fingerprint density at radius 3 is 2.54 bits per heavy atom. The van der Waals surface area contributed by atoms with E-state index in [0.717, 1.165) is 29.8 Å². The first-order valence-corrected chi connectivity index (χ1v) is 9.58. The maximum atomic E-state index is 10.2. The normalized spacial score (nSPS) is 14.7. The third-order valence-electron chi connectivity index (χ3n) is 4.87. The van der Waals surface area contributed by atoms with Crippen molar-refractivity contribution >= 4 is 23.0 Å². The van der Waals surface area contributed by atoms with Crippen LogP contribution in [0.1, 0.15) is 37.7 Å². The molecule has 0 saturated heterocycles. The zero-order chi connectivity index (χ0) is 18.4. The van der Waals surface area contributed by atoms with Crippen LogP contribution in [-0.2, 0) is 6.54 Å². The molecule has 0 spiro atoms. The van der Waals surface area contributed by atoms with Gasteiger partial charge in [-0.1, -0.05) is 49.6 Å². The van der Waals surface area contributed by atoms with Crippen molar-refractivity contribution in [3.8, 4) is 11.5 Å². The number of hydrogen-bond donors (Lipinski definition) is 2. The standard InChI is InChI=1S/C21H26N2O2S/c1-25-20-14-8-6-12-18(20)23(15-16-9-5-7-13-19(16)24)21(26)22-17-10-3-2-4-11-17/h5-9,12-14,17,24H,2-4,10-11,15H2,1H3,(H,22,26). The Hall–Kier alpha value is -2.27. The van der Waals surface area contributed by atoms with Gasteiger partial charge in [-0.3, -0.25) is 0 Å². The zero-order valence-electron chi connectivity index (χ0n) is 15.1. The molecule has 0 bridgehead atoms. The minimum atomic E-state index is 0.271. The van der Waals surface area contributed by atoms with E-state index in [9.17, 15) is 5.11 Å². The minimum absolute atomic E-state index is 0.271. The van der Waals surface area contributed by atoms with E-state index < -0.39 is 0 Å². The number of phenolic OH excluding ortho intramolecular Hbond substituents is 1. The predicted octanol–water partition coefficient (Wildman–Crippen LogP) is 4.61. The summed E-state index contributed by atoms with van der Waals surface area (Å²) in [6.07, 6.45) is 6.09. The average Bonchev–Trinajstić information content (AvgIpc) is 2.68. The Morgan fingerprint density at radius 2 is 1.81 bits per heavy atom. The van der Waals surface area contributed by atoms with Gasteiger partial charge in [0.2, 0.25) is 0 Å². The van der Waals surface area contributed by atoms with Crippen LogP contribution in [0.25, 0.3) is 0 Å². The Balaban J connectivity index is 1.87. The van der Waals surface area contributed by atoms with Gasteiger partial charge < -0.3 is 20.1 Å². The van der Waals surface area contributed by atoms with E-state index in [0.29, 0.717) is 17.7 Å². The molecule has 0 amide bonds. The van der Waals surface area contributed by atoms with Crippen LogP contribution in [0.2, 0.25) is 0 Å². The van der Waals surface area contributed by atoms with Crippen molar-refractivity contribution in [3.63, 3.8) is 0 Å². The first kappa shape index (κ1) is 18.5. The quantitative estimate of drug-likeness (QED) is 0.752. The van der Waals surface area contributed by atoms with E-state index >= 15 is 0 Å². The summed E-state index contributed by atoms with van der Waals surface area (Å²) in [5.74, 6) is 1.03. The molecule has 0 atom stereocenters. The van der Waals surface area contributed by atoms with Crippen molar-refractivity contribution in [3.05, 3.63) is 54.1 Å². The van der Waals surface area contributed by atoms with E-state index in [1.54, 1.807) is 13.2 Å². The molecule has 2 aromatic rings. The highest BCUT2D eigenvalue weighted by Gasteiger charge is 2.21. The summed E-state index contributed by atoms with van der Waals surface area (Å²) in [6, 6.07) is 15.6. The van der Waals surface area contributed by atoms with Gasteiger partial charge in [0.15, 0.2) is 5.11 Å². The molecule has 3 rings (SSSR count). The number of benzene rings is 2. The van der Waals surface area contributed by atoms with Gasteiger partial charge in [0, 0.05) is 11.6 Å². The van der Waals surface area contributed by atoms with Crippen molar-refractivity contribution < 1.29 is 9.84 Å². The van der Waals surface area contributed by atoms with Gasteiger partial charge in [-0.15, -0.1) is 0 Å². The van der Waals surface area contributed by atoms with Crippen molar-refractivity contribution in [1.29, 1.82) is 0 Å². The summed E-state index contributed by atoms with van der Waals surface area (Å²) >= 11 is 5.77. The first-order valence-electron chi connectivity index (χ1n) is 9.17. The lowest BCUT2D eigenvalue weighted by Gasteiger charge is -2.31. The van der Waals surface area contributed by atoms with Gasteiger partial charge in [0.05, 0.1) is 19.3 Å². The molecule has 1 fully saturated rings. The van der Waals surface area contributed by atoms with E-state index in [1.165, 1.54) is 19.3 Å². The van der Waals surface area contributed by atoms with E-state index in [1.807, 2.05) is 47.4 Å². The fraction of sp³-hybridized carbons (Fsp3) is 0.381. The van der Waals surface area contributed by atoms with E-state index in [-0.39, 0.29) is 5.75 Å². The molecule has 1 aliphatic carbocycles. The Kier molecular flexibility index (Phi) is 6.34. The van der Waals surface area contributed by atoms with Crippen molar-refractivity contribution in [2.75, 3.05) is 12.0 Å². The Bertz CT molecular complexity index is 744. The molecule has 26 heavy (non-hydrogen) atoms. The molecule has 0 radical (unpaired) electrons. The van der Waals surface area contributed by atoms with Gasteiger partial charge in [-0.05, 0) is 43.3 Å². The van der Waals surface area contributed by atoms with Gasteiger partial charge in [-0.2, -0.15) is 0 Å². The third kappa shape index (κ3) is 4.47. The monoisotopic (exact) mass is 370 g/mol. The van der Waals surface area contributed by atoms with Crippen LogP contribution in [0.5, 0.6) is 11.5 Å². The Labute approximate surface area is 160 Å². The lowest BCUT2D eigenvalue weighted by molar-refractivity contribution is 0.410. The molecule has 5 heteroatoms. The zero-order valence-corrected chi connectivity index (χ0v) is 16.0. The largest absolute Gasteiger partial charge is 0.508 e. The van der Waals surface area contributed by atoms with Crippen molar-refractivity contribution in [2.45, 2.75) is 44.7 Å². The molecule has 1 saturated carbocycles. The second kappa shape index (κ2) is 8.90. The molecule has 2 N–H and O–H groups in total. The summed E-state index contributed by atoms with van der Waals surface area (Å²) in [5.41, 5.74) is 1.72. The fourth-order valence-electron chi connectivity index (χ4n) is 3.43. The molecule has 0 unspecified atom stereocenters. The number of ether oxygens (including phenoxy) is 1. The first-order chi connectivity index (χ1) is 12.7. The molecule has 138 valence electrons. The number of phenols is 1. The number of thiocarbonyl (C=S) groups is 1. The van der Waals surface area contributed by atoms with E-state index in [4.69, 9.17) is 17.0 Å². The smallest absolute Gasteiger partial charge is 0.174 e. The number of nitrogens with one attached hydrogen (secondary N) is 1. The number of para-hydroxylation sites is 3. The Morgan fingerprint density at radius 1 is 1.12 bits per heavy atom. The summed E-state index contributed by atoms with van der Waals surface area (Å²) in [4.78, 5) is 2.01. The highest BCUT2D eigenvalue weighted by atomic mass is 32.1. The lowest BCUT2D eigenvalue weighted by Crippen LogP contribution is -2.45. The summed E-state index contributed by atoms with van der Waals surface area (Å²) in [7, 11) is 1.66. The van der Waals surface area contributed by atoms with Crippen LogP contribution in [-0.4, -0.2) is 23.4 Å². The van der Waals surface area contributed by atoms with Gasteiger partial charge in [0.1, 0.15) is 11.5 Å². The summed E-state index contributed by atoms with van der Waals surface area (Å²) in [6.45, 7) is 0.478. The molecule has 0 aromatic heterocycles. The predicted molar refractivity (Wildman–Crippen MR) is 110 cm³/mol. The number of nitrogens with zero attached hydrogens (tertiary/aromatic N) is 1. The summed E-state index contributed by atoms with van der Waals surface area (Å²) in [5, 5.41) is 14.4. The topological polar surface area (TPSA) is 44.7 Å². The molecular weight excluding hydrogens is 344 g/mol. The SMILES string of the molecule is COc1ccccc1N(Cc1ccccc1O)C(=S)NC1CCCCC1. The van der Waals surface area contributed by atoms with Crippen LogP contribution >= 0.6 is 12.2 Å². The maximum absolute atomic E-state index is 10.2. The third-order valence-corrected chi connectivity index (χ3v) is 5.21. The summed E-state index contributed by atoms with van der Waals surface area (Å²) < 4.78 is 5.54. The average molecular weight is 371 g/mol. The number of hydrogen-bond acceptors (Lipinski definition) is 3. The van der Waals surface area contributed by atoms with Gasteiger partial charge in [0.25, 0.3) is 0 Å². The van der Waals surface area contributed by atoms with Crippen molar-refractivity contribution in [1.82, 2.24) is 5.32 Å². The number of methoxy groups -OCH3 is 1. The number of anilines is 1. The van der Waals surface area contributed by atoms with Crippen molar-refractivity contribution in [2.24, 2.45) is 0 Å². The minimum Gasteiger partial charge on any atom is -0.508 e. The van der Waals surface area contributed by atoms with Crippen LogP contribution in [0.3, 0.4) is 0 Å². The molecule has 0 aliphatic heterocycles. The maximum Gasteiger partial charge on any atom is 0.174 e.